The molecule has 1 saturated heterocycles. The number of amides is 1. The van der Waals surface area contributed by atoms with Crippen molar-refractivity contribution in [2.75, 3.05) is 17.3 Å². The molecule has 22 heavy (non-hydrogen) atoms. The minimum absolute atomic E-state index is 0.0439. The molecule has 1 aliphatic heterocycles. The van der Waals surface area contributed by atoms with Crippen LogP contribution in [0.15, 0.2) is 48.5 Å². The van der Waals surface area contributed by atoms with Crippen LogP contribution in [0.3, 0.4) is 0 Å². The average Bonchev–Trinajstić information content (AvgIpc) is 2.90. The molecule has 0 aliphatic carbocycles. The van der Waals surface area contributed by atoms with Crippen LogP contribution in [-0.2, 0) is 4.79 Å². The predicted octanol–water partition coefficient (Wildman–Crippen LogP) is 3.57. The maximum Gasteiger partial charge on any atom is 0.238 e. The highest BCUT2D eigenvalue weighted by molar-refractivity contribution is 8.00. The van der Waals surface area contributed by atoms with Crippen molar-refractivity contribution in [2.24, 2.45) is 0 Å². The fraction of sp³-hybridized carbons (Fsp3) is 0.235. The van der Waals surface area contributed by atoms with Gasteiger partial charge in [-0.05, 0) is 37.3 Å². The molecule has 1 heterocycles. The molecule has 1 unspecified atom stereocenters. The zero-order valence-corrected chi connectivity index (χ0v) is 13.0. The molecular weight excluding hydrogens is 298 g/mol. The number of thioether (sulfide) groups is 1. The maximum atomic E-state index is 12.3. The lowest BCUT2D eigenvalue weighted by Crippen LogP contribution is -2.27. The van der Waals surface area contributed by atoms with E-state index in [2.05, 4.69) is 0 Å². The quantitative estimate of drug-likeness (QED) is 0.937. The third kappa shape index (κ3) is 2.76. The van der Waals surface area contributed by atoms with Crippen molar-refractivity contribution in [1.29, 1.82) is 0 Å². The fourth-order valence-corrected chi connectivity index (χ4v) is 3.71. The van der Waals surface area contributed by atoms with Crippen molar-refractivity contribution < 1.29 is 14.6 Å². The summed E-state index contributed by atoms with van der Waals surface area (Å²) in [4.78, 5) is 14.0. The number of hydrogen-bond acceptors (Lipinski definition) is 4. The first-order valence-electron chi connectivity index (χ1n) is 7.15. The summed E-state index contributed by atoms with van der Waals surface area (Å²) in [7, 11) is 0. The Bertz CT molecular complexity index is 672. The first-order chi connectivity index (χ1) is 10.7. The number of hydrogen-bond donors (Lipinski definition) is 1. The number of carbonyl (C=O) groups is 1. The number of aromatic hydroxyl groups is 1. The number of carbonyl (C=O) groups excluding carboxylic acids is 1. The Morgan fingerprint density at radius 3 is 2.64 bits per heavy atom. The molecule has 1 fully saturated rings. The number of phenolic OH excluding ortho intramolecular Hbond substituents is 1. The maximum absolute atomic E-state index is 12.3. The van der Waals surface area contributed by atoms with Crippen molar-refractivity contribution >= 4 is 23.4 Å². The number of benzene rings is 2. The van der Waals surface area contributed by atoms with E-state index in [1.807, 2.05) is 43.3 Å². The molecule has 0 saturated carbocycles. The molecule has 0 spiro atoms. The summed E-state index contributed by atoms with van der Waals surface area (Å²) >= 11 is 1.52. The Kier molecular flexibility index (Phi) is 4.24. The van der Waals surface area contributed by atoms with Crippen LogP contribution in [-0.4, -0.2) is 23.4 Å². The molecule has 0 aromatic heterocycles. The topological polar surface area (TPSA) is 49.8 Å². The number of para-hydroxylation sites is 1. The van der Waals surface area contributed by atoms with Gasteiger partial charge >= 0.3 is 0 Å². The van der Waals surface area contributed by atoms with Crippen molar-refractivity contribution in [1.82, 2.24) is 0 Å². The van der Waals surface area contributed by atoms with Gasteiger partial charge in [0.1, 0.15) is 16.9 Å². The summed E-state index contributed by atoms with van der Waals surface area (Å²) in [5, 5.41) is 9.86. The zero-order chi connectivity index (χ0) is 15.5. The van der Waals surface area contributed by atoms with E-state index < -0.39 is 0 Å². The van der Waals surface area contributed by atoms with E-state index in [4.69, 9.17) is 4.74 Å². The van der Waals surface area contributed by atoms with E-state index in [0.29, 0.717) is 12.4 Å². The van der Waals surface area contributed by atoms with Gasteiger partial charge in [0.2, 0.25) is 5.91 Å². The molecule has 2 aromatic rings. The van der Waals surface area contributed by atoms with Crippen LogP contribution in [0.2, 0.25) is 0 Å². The summed E-state index contributed by atoms with van der Waals surface area (Å²) in [5.74, 6) is 1.45. The molecule has 1 amide bonds. The molecule has 114 valence electrons. The normalized spacial score (nSPS) is 17.8. The third-order valence-corrected chi connectivity index (χ3v) is 4.69. The molecule has 2 aromatic carbocycles. The molecule has 1 aliphatic rings. The summed E-state index contributed by atoms with van der Waals surface area (Å²) in [6.07, 6.45) is 0. The molecule has 4 nitrogen and oxygen atoms in total. The van der Waals surface area contributed by atoms with E-state index in [1.165, 1.54) is 11.8 Å². The largest absolute Gasteiger partial charge is 0.508 e. The second kappa shape index (κ2) is 6.32. The fourth-order valence-electron chi connectivity index (χ4n) is 2.50. The lowest BCUT2D eigenvalue weighted by atomic mass is 10.1. The number of rotatable bonds is 4. The van der Waals surface area contributed by atoms with Gasteiger partial charge in [-0.3, -0.25) is 9.69 Å². The van der Waals surface area contributed by atoms with Crippen LogP contribution >= 0.6 is 11.8 Å². The minimum Gasteiger partial charge on any atom is -0.508 e. The van der Waals surface area contributed by atoms with Crippen LogP contribution < -0.4 is 9.64 Å². The summed E-state index contributed by atoms with van der Waals surface area (Å²) in [5.41, 5.74) is 1.57. The lowest BCUT2D eigenvalue weighted by molar-refractivity contribution is -0.115. The summed E-state index contributed by atoms with van der Waals surface area (Å²) in [6, 6.07) is 14.6. The van der Waals surface area contributed by atoms with Crippen molar-refractivity contribution in [3.8, 4) is 11.5 Å². The number of phenols is 1. The lowest BCUT2D eigenvalue weighted by Gasteiger charge is -2.25. The van der Waals surface area contributed by atoms with Gasteiger partial charge in [0.15, 0.2) is 0 Å². The van der Waals surface area contributed by atoms with E-state index in [-0.39, 0.29) is 17.0 Å². The number of ether oxygens (including phenoxy) is 1. The average molecular weight is 315 g/mol. The SMILES string of the molecule is CCOc1ccc(N2C(=O)CSC2c2ccccc2O)cc1. The molecule has 3 rings (SSSR count). The van der Waals surface area contributed by atoms with Gasteiger partial charge in [0, 0.05) is 11.3 Å². The number of anilines is 1. The summed E-state index contributed by atoms with van der Waals surface area (Å²) in [6.45, 7) is 2.54. The van der Waals surface area contributed by atoms with Crippen molar-refractivity contribution in [3.63, 3.8) is 0 Å². The van der Waals surface area contributed by atoms with Crippen LogP contribution in [0.25, 0.3) is 0 Å². The van der Waals surface area contributed by atoms with Gasteiger partial charge in [-0.1, -0.05) is 18.2 Å². The highest BCUT2D eigenvalue weighted by Gasteiger charge is 2.35. The monoisotopic (exact) mass is 315 g/mol. The molecule has 0 radical (unpaired) electrons. The Morgan fingerprint density at radius 1 is 1.23 bits per heavy atom. The van der Waals surface area contributed by atoms with Crippen LogP contribution in [0.4, 0.5) is 5.69 Å². The van der Waals surface area contributed by atoms with Gasteiger partial charge in [-0.2, -0.15) is 0 Å². The van der Waals surface area contributed by atoms with Gasteiger partial charge in [0.05, 0.1) is 12.4 Å². The first-order valence-corrected chi connectivity index (χ1v) is 8.20. The van der Waals surface area contributed by atoms with Gasteiger partial charge in [-0.15, -0.1) is 11.8 Å². The molecule has 0 bridgehead atoms. The van der Waals surface area contributed by atoms with E-state index >= 15 is 0 Å². The summed E-state index contributed by atoms with van der Waals surface area (Å²) < 4.78 is 5.43. The Morgan fingerprint density at radius 2 is 1.95 bits per heavy atom. The predicted molar refractivity (Wildman–Crippen MR) is 88.4 cm³/mol. The molecule has 1 N–H and O–H groups in total. The molecular formula is C17H17NO3S. The smallest absolute Gasteiger partial charge is 0.238 e. The molecule has 1 atom stereocenters. The second-order valence-electron chi connectivity index (χ2n) is 4.91. The van der Waals surface area contributed by atoms with Crippen LogP contribution in [0, 0.1) is 0 Å². The highest BCUT2D eigenvalue weighted by Crippen LogP contribution is 2.44. The van der Waals surface area contributed by atoms with Gasteiger partial charge < -0.3 is 9.84 Å². The zero-order valence-electron chi connectivity index (χ0n) is 12.2. The molecule has 5 heteroatoms. The second-order valence-corrected chi connectivity index (χ2v) is 5.98. The van der Waals surface area contributed by atoms with Gasteiger partial charge in [0.25, 0.3) is 0 Å². The van der Waals surface area contributed by atoms with Crippen molar-refractivity contribution in [3.05, 3.63) is 54.1 Å². The van der Waals surface area contributed by atoms with E-state index in [0.717, 1.165) is 17.0 Å². The Balaban J connectivity index is 1.92. The standard InChI is InChI=1S/C17H17NO3S/c1-2-21-13-9-7-12(8-10-13)18-16(20)11-22-17(18)14-5-3-4-6-15(14)19/h3-10,17,19H,2,11H2,1H3. The van der Waals surface area contributed by atoms with Crippen molar-refractivity contribution in [2.45, 2.75) is 12.3 Å². The first kappa shape index (κ1) is 14.8. The van der Waals surface area contributed by atoms with E-state index in [1.54, 1.807) is 17.0 Å². The number of nitrogens with zero attached hydrogens (tertiary/aromatic N) is 1. The van der Waals surface area contributed by atoms with E-state index in [9.17, 15) is 9.90 Å². The Hall–Kier alpha value is -2.14. The van der Waals surface area contributed by atoms with Crippen LogP contribution in [0.1, 0.15) is 17.9 Å². The van der Waals surface area contributed by atoms with Gasteiger partial charge in [-0.25, -0.2) is 0 Å². The Labute approximate surface area is 133 Å². The highest BCUT2D eigenvalue weighted by atomic mass is 32.2. The third-order valence-electron chi connectivity index (χ3n) is 3.50. The minimum atomic E-state index is -0.202. The van der Waals surface area contributed by atoms with Crippen LogP contribution in [0.5, 0.6) is 11.5 Å².